The number of hydrogen-bond donors (Lipinski definition) is 1. The van der Waals surface area contributed by atoms with Crippen molar-refractivity contribution in [2.24, 2.45) is 11.8 Å². The quantitative estimate of drug-likeness (QED) is 0.782. The van der Waals surface area contributed by atoms with Crippen LogP contribution in [0.3, 0.4) is 0 Å². The first-order valence-corrected chi connectivity index (χ1v) is 7.67. The van der Waals surface area contributed by atoms with Crippen molar-refractivity contribution in [1.29, 1.82) is 0 Å². The van der Waals surface area contributed by atoms with Crippen molar-refractivity contribution in [2.75, 3.05) is 27.7 Å². The van der Waals surface area contributed by atoms with Crippen LogP contribution in [-0.2, 0) is 9.59 Å². The van der Waals surface area contributed by atoms with Crippen molar-refractivity contribution in [3.8, 4) is 0 Å². The molecule has 0 spiro atoms. The highest BCUT2D eigenvalue weighted by molar-refractivity contribution is 5.85. The molecule has 1 amide bonds. The molecule has 5 nitrogen and oxygen atoms in total. The van der Waals surface area contributed by atoms with Crippen molar-refractivity contribution in [3.05, 3.63) is 12.2 Å². The van der Waals surface area contributed by atoms with E-state index in [-0.39, 0.29) is 11.4 Å². The van der Waals surface area contributed by atoms with E-state index in [1.165, 1.54) is 6.42 Å². The van der Waals surface area contributed by atoms with E-state index in [4.69, 9.17) is 0 Å². The summed E-state index contributed by atoms with van der Waals surface area (Å²) in [5.41, 5.74) is 0.0770. The van der Waals surface area contributed by atoms with Gasteiger partial charge in [0.2, 0.25) is 5.91 Å². The van der Waals surface area contributed by atoms with Crippen LogP contribution in [0, 0.1) is 11.8 Å². The molecule has 0 aromatic rings. The van der Waals surface area contributed by atoms with Crippen LogP contribution in [0.2, 0.25) is 0 Å². The van der Waals surface area contributed by atoms with E-state index in [0.29, 0.717) is 19.4 Å². The van der Waals surface area contributed by atoms with Gasteiger partial charge < -0.3 is 14.9 Å². The Morgan fingerprint density at radius 2 is 1.71 bits per heavy atom. The Bertz CT molecular complexity index is 441. The summed E-state index contributed by atoms with van der Waals surface area (Å²) in [6.45, 7) is 0.686. The number of carbonyl (C=O) groups is 2. The zero-order valence-electron chi connectivity index (χ0n) is 13.2. The molecule has 2 atom stereocenters. The molecule has 1 N–H and O–H groups in total. The van der Waals surface area contributed by atoms with E-state index in [9.17, 15) is 14.7 Å². The summed E-state index contributed by atoms with van der Waals surface area (Å²) in [5, 5.41) is 9.30. The molecule has 0 aliphatic heterocycles. The predicted octanol–water partition coefficient (Wildman–Crippen LogP) is 1.60. The summed E-state index contributed by atoms with van der Waals surface area (Å²) in [5.74, 6) is -1.89. The van der Waals surface area contributed by atoms with Gasteiger partial charge in [0.1, 0.15) is 0 Å². The van der Waals surface area contributed by atoms with E-state index in [0.717, 1.165) is 12.8 Å². The van der Waals surface area contributed by atoms with Gasteiger partial charge in [-0.15, -0.1) is 0 Å². The molecule has 1 saturated carbocycles. The summed E-state index contributed by atoms with van der Waals surface area (Å²) in [6.07, 6.45) is 8.20. The Kier molecular flexibility index (Phi) is 4.71. The van der Waals surface area contributed by atoms with Crippen LogP contribution in [0.1, 0.15) is 32.1 Å². The molecule has 0 aromatic carbocycles. The lowest BCUT2D eigenvalue weighted by molar-refractivity contribution is -0.151. The van der Waals surface area contributed by atoms with Crippen LogP contribution < -0.4 is 0 Å². The highest BCUT2D eigenvalue weighted by Gasteiger charge is 2.42. The molecular weight excluding hydrogens is 268 g/mol. The smallest absolute Gasteiger partial charge is 0.307 e. The second-order valence-corrected chi connectivity index (χ2v) is 6.66. The Hall–Kier alpha value is -1.36. The lowest BCUT2D eigenvalue weighted by Crippen LogP contribution is -2.58. The Morgan fingerprint density at radius 3 is 2.14 bits per heavy atom. The molecule has 0 saturated heterocycles. The lowest BCUT2D eigenvalue weighted by Gasteiger charge is -2.49. The number of amides is 1. The fourth-order valence-electron chi connectivity index (χ4n) is 3.49. The van der Waals surface area contributed by atoms with Crippen molar-refractivity contribution in [1.82, 2.24) is 9.80 Å². The maximum absolute atomic E-state index is 12.7. The van der Waals surface area contributed by atoms with Crippen LogP contribution >= 0.6 is 0 Å². The van der Waals surface area contributed by atoms with E-state index >= 15 is 0 Å². The standard InChI is InChI=1S/C16H26N2O3/c1-17(2)16(9-6-10-16)11-18(3)14(19)12-7-4-5-8-13(12)15(20)21/h4-5,12-13H,6-11H2,1-3H3,(H,20,21). The third-order valence-electron chi connectivity index (χ3n) is 5.21. The van der Waals surface area contributed by atoms with Gasteiger partial charge >= 0.3 is 5.97 Å². The summed E-state index contributed by atoms with van der Waals surface area (Å²) >= 11 is 0. The van der Waals surface area contributed by atoms with Gasteiger partial charge in [-0.2, -0.15) is 0 Å². The van der Waals surface area contributed by atoms with Crippen molar-refractivity contribution in [3.63, 3.8) is 0 Å². The number of hydrogen-bond acceptors (Lipinski definition) is 3. The largest absolute Gasteiger partial charge is 0.481 e. The fourth-order valence-corrected chi connectivity index (χ4v) is 3.49. The molecule has 0 heterocycles. The van der Waals surface area contributed by atoms with Crippen LogP contribution in [0.5, 0.6) is 0 Å². The molecule has 1 fully saturated rings. The third-order valence-corrected chi connectivity index (χ3v) is 5.21. The van der Waals surface area contributed by atoms with Gasteiger partial charge in [-0.3, -0.25) is 9.59 Å². The number of allylic oxidation sites excluding steroid dienone is 2. The molecule has 0 radical (unpaired) electrons. The Morgan fingerprint density at radius 1 is 1.14 bits per heavy atom. The molecule has 0 aromatic heterocycles. The van der Waals surface area contributed by atoms with E-state index in [2.05, 4.69) is 19.0 Å². The number of carboxylic acid groups (broad SMARTS) is 1. The van der Waals surface area contributed by atoms with Crippen LogP contribution in [-0.4, -0.2) is 60.0 Å². The van der Waals surface area contributed by atoms with E-state index in [1.807, 2.05) is 19.2 Å². The third kappa shape index (κ3) is 3.12. The number of rotatable bonds is 5. The summed E-state index contributed by atoms with van der Waals surface area (Å²) in [4.78, 5) is 28.0. The van der Waals surface area contributed by atoms with Gasteiger partial charge in [0.25, 0.3) is 0 Å². The number of likely N-dealkylation sites (N-methyl/N-ethyl adjacent to an activating group) is 2. The van der Waals surface area contributed by atoms with Gasteiger partial charge in [0, 0.05) is 19.1 Å². The van der Waals surface area contributed by atoms with Crippen LogP contribution in [0.25, 0.3) is 0 Å². The molecule has 5 heteroatoms. The Balaban J connectivity index is 2.04. The first kappa shape index (κ1) is 16.0. The van der Waals surface area contributed by atoms with Crippen molar-refractivity contribution in [2.45, 2.75) is 37.6 Å². The normalized spacial score (nSPS) is 27.2. The minimum absolute atomic E-state index is 0.0279. The van der Waals surface area contributed by atoms with E-state index in [1.54, 1.807) is 4.90 Å². The predicted molar refractivity (Wildman–Crippen MR) is 80.9 cm³/mol. The second kappa shape index (κ2) is 6.18. The highest BCUT2D eigenvalue weighted by atomic mass is 16.4. The lowest BCUT2D eigenvalue weighted by atomic mass is 9.75. The van der Waals surface area contributed by atoms with Gasteiger partial charge in [0.05, 0.1) is 11.8 Å². The van der Waals surface area contributed by atoms with E-state index < -0.39 is 17.8 Å². The molecule has 118 valence electrons. The molecule has 2 aliphatic carbocycles. The minimum atomic E-state index is -0.864. The van der Waals surface area contributed by atoms with Gasteiger partial charge in [-0.1, -0.05) is 12.2 Å². The average Bonchev–Trinajstić information content (AvgIpc) is 2.41. The number of carboxylic acids is 1. The maximum Gasteiger partial charge on any atom is 0.307 e. The van der Waals surface area contributed by atoms with Gasteiger partial charge in [-0.25, -0.2) is 0 Å². The maximum atomic E-state index is 12.7. The van der Waals surface area contributed by atoms with Crippen LogP contribution in [0.4, 0.5) is 0 Å². The summed E-state index contributed by atoms with van der Waals surface area (Å²) in [7, 11) is 5.92. The summed E-state index contributed by atoms with van der Waals surface area (Å²) in [6, 6.07) is 0. The topological polar surface area (TPSA) is 60.9 Å². The second-order valence-electron chi connectivity index (χ2n) is 6.66. The number of carbonyl (C=O) groups excluding carboxylic acids is 1. The highest BCUT2D eigenvalue weighted by Crippen LogP contribution is 2.37. The SMILES string of the molecule is CN(CC1(N(C)C)CCC1)C(=O)C1CC=CCC1C(=O)O. The van der Waals surface area contributed by atoms with Gasteiger partial charge in [-0.05, 0) is 46.2 Å². The average molecular weight is 294 g/mol. The van der Waals surface area contributed by atoms with Crippen molar-refractivity contribution < 1.29 is 14.7 Å². The zero-order valence-corrected chi connectivity index (χ0v) is 13.2. The van der Waals surface area contributed by atoms with Gasteiger partial charge in [0.15, 0.2) is 0 Å². The first-order chi connectivity index (χ1) is 9.87. The van der Waals surface area contributed by atoms with Crippen molar-refractivity contribution >= 4 is 11.9 Å². The molecule has 21 heavy (non-hydrogen) atoms. The number of nitrogens with zero attached hydrogens (tertiary/aromatic N) is 2. The molecule has 2 aliphatic rings. The minimum Gasteiger partial charge on any atom is -0.481 e. The fraction of sp³-hybridized carbons (Fsp3) is 0.750. The zero-order chi connectivity index (χ0) is 15.6. The van der Waals surface area contributed by atoms with Crippen LogP contribution in [0.15, 0.2) is 12.2 Å². The summed E-state index contributed by atoms with van der Waals surface area (Å²) < 4.78 is 0. The molecular formula is C16H26N2O3. The number of aliphatic carboxylic acids is 1. The molecule has 2 rings (SSSR count). The Labute approximate surface area is 126 Å². The first-order valence-electron chi connectivity index (χ1n) is 7.67. The molecule has 2 unspecified atom stereocenters. The molecule has 0 bridgehead atoms. The monoisotopic (exact) mass is 294 g/mol.